The predicted molar refractivity (Wildman–Crippen MR) is 66.0 cm³/mol. The summed E-state index contributed by atoms with van der Waals surface area (Å²) in [5.41, 5.74) is 0. The van der Waals surface area contributed by atoms with Crippen molar-refractivity contribution in [1.29, 1.82) is 0 Å². The van der Waals surface area contributed by atoms with E-state index in [1.54, 1.807) is 7.11 Å². The molecule has 1 N–H and O–H groups in total. The Labute approximate surface area is 103 Å². The van der Waals surface area contributed by atoms with Crippen molar-refractivity contribution in [1.82, 2.24) is 10.2 Å². The van der Waals surface area contributed by atoms with Crippen molar-refractivity contribution in [2.24, 2.45) is 0 Å². The van der Waals surface area contributed by atoms with Gasteiger partial charge in [0, 0.05) is 33.4 Å². The third-order valence-electron chi connectivity index (χ3n) is 2.88. The minimum absolute atomic E-state index is 0.0639. The lowest BCUT2D eigenvalue weighted by atomic mass is 10.3. The van der Waals surface area contributed by atoms with Gasteiger partial charge in [-0.3, -0.25) is 4.79 Å². The van der Waals surface area contributed by atoms with Gasteiger partial charge in [0.15, 0.2) is 0 Å². The Hall–Kier alpha value is -0.650. The van der Waals surface area contributed by atoms with Crippen molar-refractivity contribution in [3.8, 4) is 0 Å². The first-order valence-corrected chi connectivity index (χ1v) is 6.34. The Morgan fingerprint density at radius 1 is 1.41 bits per heavy atom. The number of ether oxygens (including phenoxy) is 2. The summed E-state index contributed by atoms with van der Waals surface area (Å²) in [7, 11) is 1.68. The molecule has 17 heavy (non-hydrogen) atoms. The fourth-order valence-electron chi connectivity index (χ4n) is 1.86. The first-order chi connectivity index (χ1) is 8.25. The summed E-state index contributed by atoms with van der Waals surface area (Å²) in [5.74, 6) is 0.183. The number of carbonyl (C=O) groups excluding carboxylic acids is 1. The number of rotatable bonds is 7. The van der Waals surface area contributed by atoms with Crippen LogP contribution in [-0.2, 0) is 14.3 Å². The van der Waals surface area contributed by atoms with Gasteiger partial charge in [0.2, 0.25) is 5.91 Å². The van der Waals surface area contributed by atoms with E-state index in [4.69, 9.17) is 9.47 Å². The van der Waals surface area contributed by atoms with E-state index in [1.807, 2.05) is 11.8 Å². The minimum Gasteiger partial charge on any atom is -0.385 e. The maximum atomic E-state index is 11.9. The van der Waals surface area contributed by atoms with Gasteiger partial charge in [-0.05, 0) is 26.3 Å². The Morgan fingerprint density at radius 2 is 2.24 bits per heavy atom. The van der Waals surface area contributed by atoms with Crippen molar-refractivity contribution in [2.75, 3.05) is 46.6 Å². The van der Waals surface area contributed by atoms with Crippen LogP contribution in [0.15, 0.2) is 0 Å². The monoisotopic (exact) mass is 244 g/mol. The van der Waals surface area contributed by atoms with Gasteiger partial charge in [-0.1, -0.05) is 0 Å². The predicted octanol–water partition coefficient (Wildman–Crippen LogP) is 0.250. The second-order valence-corrected chi connectivity index (χ2v) is 4.31. The Kier molecular flexibility index (Phi) is 7.16. The molecule has 1 rings (SSSR count). The van der Waals surface area contributed by atoms with Crippen LogP contribution in [0.4, 0.5) is 0 Å². The first-order valence-electron chi connectivity index (χ1n) is 6.34. The van der Waals surface area contributed by atoms with Crippen LogP contribution in [0.5, 0.6) is 0 Å². The van der Waals surface area contributed by atoms with Gasteiger partial charge < -0.3 is 19.7 Å². The zero-order valence-corrected chi connectivity index (χ0v) is 10.9. The Morgan fingerprint density at radius 3 is 3.00 bits per heavy atom. The third kappa shape index (κ3) is 5.48. The van der Waals surface area contributed by atoms with E-state index in [-0.39, 0.29) is 11.9 Å². The maximum Gasteiger partial charge on any atom is 0.239 e. The molecular formula is C12H24N2O3. The largest absolute Gasteiger partial charge is 0.385 e. The lowest BCUT2D eigenvalue weighted by Crippen LogP contribution is -2.42. The van der Waals surface area contributed by atoms with E-state index < -0.39 is 0 Å². The fraction of sp³-hybridized carbons (Fsp3) is 0.917. The molecule has 0 radical (unpaired) electrons. The first kappa shape index (κ1) is 14.4. The van der Waals surface area contributed by atoms with Gasteiger partial charge >= 0.3 is 0 Å². The van der Waals surface area contributed by atoms with Gasteiger partial charge in [-0.2, -0.15) is 0 Å². The van der Waals surface area contributed by atoms with Crippen molar-refractivity contribution < 1.29 is 14.3 Å². The molecule has 0 aromatic carbocycles. The van der Waals surface area contributed by atoms with Gasteiger partial charge in [-0.15, -0.1) is 0 Å². The van der Waals surface area contributed by atoms with Crippen molar-refractivity contribution in [3.05, 3.63) is 0 Å². The molecule has 1 amide bonds. The SMILES string of the molecule is COCCCOCCN1CCCNC(C)C1=O. The highest BCUT2D eigenvalue weighted by Crippen LogP contribution is 2.02. The van der Waals surface area contributed by atoms with E-state index in [2.05, 4.69) is 5.32 Å². The fourth-order valence-corrected chi connectivity index (χ4v) is 1.86. The van der Waals surface area contributed by atoms with Crippen LogP contribution in [0, 0.1) is 0 Å². The Bertz CT molecular complexity index is 224. The van der Waals surface area contributed by atoms with Crippen molar-refractivity contribution in [2.45, 2.75) is 25.8 Å². The standard InChI is InChI=1S/C12H24N2O3/c1-11-12(15)14(6-3-5-13-11)7-10-17-9-4-8-16-2/h11,13H,3-10H2,1-2H3. The molecule has 0 spiro atoms. The smallest absolute Gasteiger partial charge is 0.239 e. The highest BCUT2D eigenvalue weighted by Gasteiger charge is 2.22. The van der Waals surface area contributed by atoms with Crippen LogP contribution in [-0.4, -0.2) is 63.4 Å². The molecule has 1 unspecified atom stereocenters. The summed E-state index contributed by atoms with van der Waals surface area (Å²) in [5, 5.41) is 3.19. The summed E-state index contributed by atoms with van der Waals surface area (Å²) in [4.78, 5) is 13.8. The minimum atomic E-state index is -0.0639. The molecule has 100 valence electrons. The molecule has 1 aliphatic rings. The number of nitrogens with one attached hydrogen (secondary N) is 1. The van der Waals surface area contributed by atoms with Crippen molar-refractivity contribution >= 4 is 5.91 Å². The number of hydrogen-bond donors (Lipinski definition) is 1. The molecular weight excluding hydrogens is 220 g/mol. The molecule has 1 heterocycles. The molecule has 0 saturated carbocycles. The molecule has 5 heteroatoms. The lowest BCUT2D eigenvalue weighted by Gasteiger charge is -2.22. The third-order valence-corrected chi connectivity index (χ3v) is 2.88. The number of carbonyl (C=O) groups is 1. The molecule has 0 bridgehead atoms. The average Bonchev–Trinajstić information content (AvgIpc) is 2.48. The maximum absolute atomic E-state index is 11.9. The number of amides is 1. The molecule has 1 fully saturated rings. The second-order valence-electron chi connectivity index (χ2n) is 4.31. The number of nitrogens with zero attached hydrogens (tertiary/aromatic N) is 1. The van der Waals surface area contributed by atoms with E-state index in [0.29, 0.717) is 19.8 Å². The molecule has 1 saturated heterocycles. The van der Waals surface area contributed by atoms with Gasteiger partial charge in [0.1, 0.15) is 0 Å². The zero-order valence-electron chi connectivity index (χ0n) is 10.9. The summed E-state index contributed by atoms with van der Waals surface area (Å²) < 4.78 is 10.4. The van der Waals surface area contributed by atoms with E-state index >= 15 is 0 Å². The number of hydrogen-bond acceptors (Lipinski definition) is 4. The zero-order chi connectivity index (χ0) is 12.5. The molecule has 1 aliphatic heterocycles. The van der Waals surface area contributed by atoms with Crippen molar-refractivity contribution in [3.63, 3.8) is 0 Å². The normalized spacial score (nSPS) is 21.6. The molecule has 0 aromatic heterocycles. The van der Waals surface area contributed by atoms with Gasteiger partial charge in [0.25, 0.3) is 0 Å². The quantitative estimate of drug-likeness (QED) is 0.652. The van der Waals surface area contributed by atoms with E-state index in [0.717, 1.165) is 32.5 Å². The highest BCUT2D eigenvalue weighted by atomic mass is 16.5. The van der Waals surface area contributed by atoms with Crippen LogP contribution >= 0.6 is 0 Å². The van der Waals surface area contributed by atoms with Gasteiger partial charge in [0.05, 0.1) is 12.6 Å². The highest BCUT2D eigenvalue weighted by molar-refractivity contribution is 5.81. The van der Waals surface area contributed by atoms with Crippen LogP contribution in [0.1, 0.15) is 19.8 Å². The molecule has 5 nitrogen and oxygen atoms in total. The van der Waals surface area contributed by atoms with Crippen LogP contribution in [0.3, 0.4) is 0 Å². The molecule has 1 atom stereocenters. The second kappa shape index (κ2) is 8.44. The average molecular weight is 244 g/mol. The summed E-state index contributed by atoms with van der Waals surface area (Å²) in [6.07, 6.45) is 1.92. The van der Waals surface area contributed by atoms with Crippen LogP contribution in [0.25, 0.3) is 0 Å². The van der Waals surface area contributed by atoms with E-state index in [9.17, 15) is 4.79 Å². The summed E-state index contributed by atoms with van der Waals surface area (Å²) in [6.45, 7) is 6.39. The molecule has 0 aliphatic carbocycles. The van der Waals surface area contributed by atoms with Crippen LogP contribution in [0.2, 0.25) is 0 Å². The van der Waals surface area contributed by atoms with Gasteiger partial charge in [-0.25, -0.2) is 0 Å². The van der Waals surface area contributed by atoms with E-state index in [1.165, 1.54) is 0 Å². The topological polar surface area (TPSA) is 50.8 Å². The summed E-state index contributed by atoms with van der Waals surface area (Å²) in [6, 6.07) is -0.0639. The Balaban J connectivity index is 2.14. The lowest BCUT2D eigenvalue weighted by molar-refractivity contribution is -0.133. The van der Waals surface area contributed by atoms with Crippen LogP contribution < -0.4 is 5.32 Å². The summed E-state index contributed by atoms with van der Waals surface area (Å²) >= 11 is 0. The molecule has 0 aromatic rings. The number of methoxy groups -OCH3 is 1.